The molecule has 9 nitrogen and oxygen atoms in total. The van der Waals surface area contributed by atoms with E-state index in [1.807, 2.05) is 0 Å². The lowest BCUT2D eigenvalue weighted by Gasteiger charge is -2.34. The smallest absolute Gasteiger partial charge is 0.309 e. The largest absolute Gasteiger partial charge is 0.395 e. The maximum Gasteiger partial charge on any atom is 0.309 e. The van der Waals surface area contributed by atoms with Crippen molar-refractivity contribution in [1.29, 1.82) is 0 Å². The van der Waals surface area contributed by atoms with Crippen LogP contribution in [0.15, 0.2) is 23.1 Å². The Morgan fingerprint density at radius 3 is 2.70 bits per heavy atom. The van der Waals surface area contributed by atoms with Crippen LogP contribution in [0.4, 0.5) is 4.39 Å². The minimum atomic E-state index is -3.98. The number of carbonyl (C=O) groups excluding carboxylic acids is 2. The molecule has 2 amide bonds. The molecule has 1 heterocycles. The van der Waals surface area contributed by atoms with Crippen molar-refractivity contribution in [1.82, 2.24) is 14.9 Å². The Morgan fingerprint density at radius 1 is 1.33 bits per heavy atom. The summed E-state index contributed by atoms with van der Waals surface area (Å²) in [6, 6.07) is 3.37. The van der Waals surface area contributed by atoms with Crippen LogP contribution < -0.4 is 10.6 Å². The van der Waals surface area contributed by atoms with Gasteiger partial charge in [-0.05, 0) is 37.1 Å². The van der Waals surface area contributed by atoms with E-state index in [1.165, 1.54) is 13.0 Å². The number of aliphatic hydroxyl groups excluding tert-OH is 1. The number of halogens is 1. The van der Waals surface area contributed by atoms with Gasteiger partial charge in [0.25, 0.3) is 0 Å². The Labute approximate surface area is 156 Å². The molecule has 1 fully saturated rings. The molecule has 1 saturated heterocycles. The average Bonchev–Trinajstić information content (AvgIpc) is 2.64. The molecule has 1 atom stereocenters. The standard InChI is InChI=1S/C16H22FN3O6S/c1-11-9-12(17)3-4-13(11)27(24,25)20-6-2-8-26-14(20)10-19-16(23)15(22)18-5-7-21/h3-4,9,14,21H,2,5-8,10H2,1H3,(H,18,22)(H,19,23)/t14-/m1/s1. The summed E-state index contributed by atoms with van der Waals surface area (Å²) in [6.07, 6.45) is -0.538. The lowest BCUT2D eigenvalue weighted by Crippen LogP contribution is -2.53. The minimum absolute atomic E-state index is 0.0496. The lowest BCUT2D eigenvalue weighted by atomic mass is 10.2. The fourth-order valence-corrected chi connectivity index (χ4v) is 4.41. The summed E-state index contributed by atoms with van der Waals surface area (Å²) in [7, 11) is -3.98. The lowest BCUT2D eigenvalue weighted by molar-refractivity contribution is -0.140. The summed E-state index contributed by atoms with van der Waals surface area (Å²) in [5.41, 5.74) is 0.256. The fourth-order valence-electron chi connectivity index (χ4n) is 2.64. The van der Waals surface area contributed by atoms with E-state index < -0.39 is 33.9 Å². The van der Waals surface area contributed by atoms with Crippen molar-refractivity contribution in [2.75, 3.05) is 32.8 Å². The van der Waals surface area contributed by atoms with Crippen LogP contribution in [0.3, 0.4) is 0 Å². The Hall–Kier alpha value is -2.08. The molecule has 0 bridgehead atoms. The van der Waals surface area contributed by atoms with Gasteiger partial charge in [0.2, 0.25) is 10.0 Å². The summed E-state index contributed by atoms with van der Waals surface area (Å²) < 4.78 is 45.7. The SMILES string of the molecule is Cc1cc(F)ccc1S(=O)(=O)N1CCCO[C@@H]1CNC(=O)C(=O)NCCO. The molecular formula is C16H22FN3O6S. The Bertz CT molecular complexity index is 801. The Morgan fingerprint density at radius 2 is 2.04 bits per heavy atom. The van der Waals surface area contributed by atoms with E-state index in [4.69, 9.17) is 9.84 Å². The second-order valence-corrected chi connectivity index (χ2v) is 7.75. The van der Waals surface area contributed by atoms with Gasteiger partial charge in [0.05, 0.1) is 24.7 Å². The Kier molecular flexibility index (Phi) is 7.25. The number of nitrogens with one attached hydrogen (secondary N) is 2. The fraction of sp³-hybridized carbons (Fsp3) is 0.500. The van der Waals surface area contributed by atoms with E-state index in [1.54, 1.807) is 0 Å². The first-order chi connectivity index (χ1) is 12.8. The molecule has 0 aromatic heterocycles. The molecule has 2 rings (SSSR count). The molecule has 11 heteroatoms. The van der Waals surface area contributed by atoms with Gasteiger partial charge < -0.3 is 20.5 Å². The van der Waals surface area contributed by atoms with Crippen molar-refractivity contribution in [3.63, 3.8) is 0 Å². The molecule has 0 spiro atoms. The predicted molar refractivity (Wildman–Crippen MR) is 92.5 cm³/mol. The van der Waals surface area contributed by atoms with Crippen LogP contribution in [0.1, 0.15) is 12.0 Å². The van der Waals surface area contributed by atoms with Gasteiger partial charge in [-0.25, -0.2) is 12.8 Å². The molecule has 150 valence electrons. The zero-order valence-corrected chi connectivity index (χ0v) is 15.6. The first-order valence-electron chi connectivity index (χ1n) is 8.34. The van der Waals surface area contributed by atoms with Gasteiger partial charge in [-0.1, -0.05) is 0 Å². The normalized spacial score (nSPS) is 18.1. The number of hydrogen-bond donors (Lipinski definition) is 3. The van der Waals surface area contributed by atoms with Crippen molar-refractivity contribution in [3.8, 4) is 0 Å². The molecule has 1 aliphatic rings. The highest BCUT2D eigenvalue weighted by molar-refractivity contribution is 7.89. The highest BCUT2D eigenvalue weighted by atomic mass is 32.2. The third kappa shape index (κ3) is 5.22. The van der Waals surface area contributed by atoms with Crippen molar-refractivity contribution in [3.05, 3.63) is 29.6 Å². The number of amides is 2. The maximum atomic E-state index is 13.3. The number of rotatable bonds is 6. The van der Waals surface area contributed by atoms with E-state index in [-0.39, 0.29) is 36.7 Å². The molecule has 1 aromatic carbocycles. The highest BCUT2D eigenvalue weighted by Gasteiger charge is 2.35. The topological polar surface area (TPSA) is 125 Å². The van der Waals surface area contributed by atoms with Crippen molar-refractivity contribution in [2.45, 2.75) is 24.5 Å². The molecule has 0 unspecified atom stereocenters. The summed E-state index contributed by atoms with van der Waals surface area (Å²) >= 11 is 0. The molecule has 3 N–H and O–H groups in total. The van der Waals surface area contributed by atoms with E-state index >= 15 is 0 Å². The van der Waals surface area contributed by atoms with Crippen molar-refractivity contribution >= 4 is 21.8 Å². The molecule has 1 aromatic rings. The number of aliphatic hydroxyl groups is 1. The third-order valence-electron chi connectivity index (χ3n) is 3.92. The van der Waals surface area contributed by atoms with Gasteiger partial charge in [-0.3, -0.25) is 9.59 Å². The number of sulfonamides is 1. The predicted octanol–water partition coefficient (Wildman–Crippen LogP) is -0.904. The van der Waals surface area contributed by atoms with Crippen LogP contribution >= 0.6 is 0 Å². The number of ether oxygens (including phenoxy) is 1. The van der Waals surface area contributed by atoms with Gasteiger partial charge in [0.15, 0.2) is 0 Å². The van der Waals surface area contributed by atoms with Crippen LogP contribution in [0.5, 0.6) is 0 Å². The molecular weight excluding hydrogens is 381 g/mol. The number of hydrogen-bond acceptors (Lipinski definition) is 6. The average molecular weight is 403 g/mol. The number of nitrogens with zero attached hydrogens (tertiary/aromatic N) is 1. The summed E-state index contributed by atoms with van der Waals surface area (Å²) in [5, 5.41) is 13.1. The van der Waals surface area contributed by atoms with E-state index in [0.29, 0.717) is 13.0 Å². The van der Waals surface area contributed by atoms with Gasteiger partial charge in [0, 0.05) is 13.1 Å². The quantitative estimate of drug-likeness (QED) is 0.529. The van der Waals surface area contributed by atoms with E-state index in [2.05, 4.69) is 10.6 Å². The van der Waals surface area contributed by atoms with Crippen molar-refractivity contribution in [2.24, 2.45) is 0 Å². The number of benzene rings is 1. The van der Waals surface area contributed by atoms with Gasteiger partial charge >= 0.3 is 11.8 Å². The second kappa shape index (κ2) is 9.22. The van der Waals surface area contributed by atoms with Gasteiger partial charge in [-0.2, -0.15) is 4.31 Å². The van der Waals surface area contributed by atoms with E-state index in [0.717, 1.165) is 16.4 Å². The maximum absolute atomic E-state index is 13.3. The molecule has 27 heavy (non-hydrogen) atoms. The van der Waals surface area contributed by atoms with Crippen LogP contribution in [-0.4, -0.2) is 68.7 Å². The van der Waals surface area contributed by atoms with Crippen LogP contribution in [0.25, 0.3) is 0 Å². The highest BCUT2D eigenvalue weighted by Crippen LogP contribution is 2.25. The zero-order chi connectivity index (χ0) is 20.0. The van der Waals surface area contributed by atoms with Crippen LogP contribution in [0, 0.1) is 12.7 Å². The number of aryl methyl sites for hydroxylation is 1. The second-order valence-electron chi connectivity index (χ2n) is 5.89. The molecule has 0 saturated carbocycles. The van der Waals surface area contributed by atoms with Crippen LogP contribution in [0.2, 0.25) is 0 Å². The van der Waals surface area contributed by atoms with E-state index in [9.17, 15) is 22.4 Å². The summed E-state index contributed by atoms with van der Waals surface area (Å²) in [5.74, 6) is -2.45. The molecule has 1 aliphatic heterocycles. The third-order valence-corrected chi connectivity index (χ3v) is 5.97. The minimum Gasteiger partial charge on any atom is -0.395 e. The summed E-state index contributed by atoms with van der Waals surface area (Å²) in [6.45, 7) is 1.33. The van der Waals surface area contributed by atoms with Crippen molar-refractivity contribution < 1.29 is 32.2 Å². The number of carbonyl (C=O) groups is 2. The molecule has 0 radical (unpaired) electrons. The Balaban J connectivity index is 2.12. The van der Waals surface area contributed by atoms with Crippen LogP contribution in [-0.2, 0) is 24.3 Å². The summed E-state index contributed by atoms with van der Waals surface area (Å²) in [4.78, 5) is 23.2. The van der Waals surface area contributed by atoms with Gasteiger partial charge in [0.1, 0.15) is 12.0 Å². The zero-order valence-electron chi connectivity index (χ0n) is 14.8. The first kappa shape index (κ1) is 21.2. The first-order valence-corrected chi connectivity index (χ1v) is 9.78. The molecule has 0 aliphatic carbocycles. The monoisotopic (exact) mass is 403 g/mol. The van der Waals surface area contributed by atoms with Gasteiger partial charge in [-0.15, -0.1) is 0 Å².